The van der Waals surface area contributed by atoms with Gasteiger partial charge in [-0.05, 0) is 18.9 Å². The first-order valence-corrected chi connectivity index (χ1v) is 5.44. The van der Waals surface area contributed by atoms with Crippen LogP contribution in [0, 0.1) is 0 Å². The van der Waals surface area contributed by atoms with Gasteiger partial charge in [-0.2, -0.15) is 0 Å². The Morgan fingerprint density at radius 1 is 1.62 bits per heavy atom. The van der Waals surface area contributed by atoms with Crippen molar-refractivity contribution in [3.63, 3.8) is 0 Å². The zero-order chi connectivity index (χ0) is 10.2. The van der Waals surface area contributed by atoms with E-state index in [-0.39, 0.29) is 17.4 Å². The predicted molar refractivity (Wildman–Crippen MR) is 47.6 cm³/mol. The molecule has 1 aromatic rings. The van der Waals surface area contributed by atoms with Crippen LogP contribution in [0.3, 0.4) is 0 Å². The largest absolute Gasteiger partial charge is 0.267 e. The van der Waals surface area contributed by atoms with Crippen LogP contribution in [0.2, 0.25) is 0 Å². The number of nitrogens with one attached hydrogen (secondary N) is 1. The smallest absolute Gasteiger partial charge is 0.236 e. The lowest BCUT2D eigenvalue weighted by Gasteiger charge is -2.03. The molecule has 1 fully saturated rings. The number of sulfonamides is 1. The topological polar surface area (TPSA) is 72.0 Å². The van der Waals surface area contributed by atoms with Crippen LogP contribution in [0.15, 0.2) is 18.6 Å². The molecule has 0 unspecified atom stereocenters. The summed E-state index contributed by atoms with van der Waals surface area (Å²) in [6.45, 7) is 0. The van der Waals surface area contributed by atoms with Gasteiger partial charge in [-0.15, -0.1) is 0 Å². The van der Waals surface area contributed by atoms with Gasteiger partial charge in [0, 0.05) is 6.20 Å². The number of aromatic nitrogens is 2. The third-order valence-corrected chi connectivity index (χ3v) is 3.59. The minimum atomic E-state index is -3.28. The third kappa shape index (κ3) is 1.95. The summed E-state index contributed by atoms with van der Waals surface area (Å²) in [5, 5.41) is -0.286. The number of nitrogens with zero attached hydrogens (tertiary/aromatic N) is 2. The third-order valence-electron chi connectivity index (χ3n) is 1.75. The molecule has 1 heterocycles. The lowest BCUT2D eigenvalue weighted by atomic mass is 10.6. The molecule has 1 N–H and O–H groups in total. The number of anilines is 1. The Morgan fingerprint density at radius 3 is 3.00 bits per heavy atom. The molecule has 0 saturated heterocycles. The van der Waals surface area contributed by atoms with Gasteiger partial charge < -0.3 is 0 Å². The van der Waals surface area contributed by atoms with E-state index >= 15 is 0 Å². The van der Waals surface area contributed by atoms with E-state index in [0.717, 1.165) is 0 Å². The fourth-order valence-electron chi connectivity index (χ4n) is 0.925. The van der Waals surface area contributed by atoms with Crippen molar-refractivity contribution < 1.29 is 9.79 Å². The quantitative estimate of drug-likeness (QED) is 0.765. The molecule has 0 atom stereocenters. The van der Waals surface area contributed by atoms with E-state index in [0.29, 0.717) is 12.8 Å². The highest BCUT2D eigenvalue weighted by atomic mass is 32.2. The summed E-state index contributed by atoms with van der Waals surface area (Å²) in [5.41, 5.74) is 0. The maximum Gasteiger partial charge on any atom is 0.236 e. The zero-order valence-corrected chi connectivity index (χ0v) is 7.58. The number of hydrogen-bond acceptors (Lipinski definition) is 4. The lowest BCUT2D eigenvalue weighted by Crippen LogP contribution is -2.17. The van der Waals surface area contributed by atoms with E-state index in [1.807, 2.05) is 0 Å². The van der Waals surface area contributed by atoms with Gasteiger partial charge in [-0.25, -0.2) is 18.4 Å². The molecule has 1 saturated carbocycles. The van der Waals surface area contributed by atoms with Gasteiger partial charge in [-0.3, -0.25) is 4.72 Å². The molecule has 0 radical (unpaired) electrons. The summed E-state index contributed by atoms with van der Waals surface area (Å²) in [5.74, 6) is 0.164. The Labute approximate surface area is 77.7 Å². The van der Waals surface area contributed by atoms with E-state index in [4.69, 9.17) is 1.37 Å². The first-order chi connectivity index (χ1) is 6.58. The Kier molecular flexibility index (Phi) is 1.65. The molecular weight excluding hydrogens is 190 g/mol. The fourth-order valence-corrected chi connectivity index (χ4v) is 2.25. The first-order valence-electron chi connectivity index (χ1n) is 4.39. The molecule has 1 aliphatic carbocycles. The Morgan fingerprint density at radius 2 is 2.38 bits per heavy atom. The molecule has 0 spiro atoms. The molecule has 1 aromatic heterocycles. The summed E-state index contributed by atoms with van der Waals surface area (Å²) in [6.07, 6.45) is 2.56. The molecule has 5 nitrogen and oxygen atoms in total. The van der Waals surface area contributed by atoms with E-state index in [1.54, 1.807) is 0 Å². The van der Waals surface area contributed by atoms with Crippen molar-refractivity contribution in [2.75, 3.05) is 4.72 Å². The van der Waals surface area contributed by atoms with Gasteiger partial charge in [0.05, 0.1) is 5.25 Å². The SMILES string of the molecule is [2H]c1nccc(NS(=O)(=O)C2CC2)n1. The summed E-state index contributed by atoms with van der Waals surface area (Å²) in [4.78, 5) is 7.18. The highest BCUT2D eigenvalue weighted by molar-refractivity contribution is 7.93. The van der Waals surface area contributed by atoms with Crippen LogP contribution in [0.4, 0.5) is 5.82 Å². The number of rotatable bonds is 3. The van der Waals surface area contributed by atoms with Crippen LogP contribution in [-0.2, 0) is 10.0 Å². The summed E-state index contributed by atoms with van der Waals surface area (Å²) in [7, 11) is -3.28. The molecule has 2 rings (SSSR count). The molecule has 0 aliphatic heterocycles. The van der Waals surface area contributed by atoms with Crippen LogP contribution in [0.1, 0.15) is 14.2 Å². The van der Waals surface area contributed by atoms with Crippen LogP contribution >= 0.6 is 0 Å². The highest BCUT2D eigenvalue weighted by Crippen LogP contribution is 2.28. The van der Waals surface area contributed by atoms with Crippen molar-refractivity contribution in [2.24, 2.45) is 0 Å². The van der Waals surface area contributed by atoms with Gasteiger partial charge in [-0.1, -0.05) is 0 Å². The molecule has 6 heteroatoms. The maximum atomic E-state index is 11.4. The lowest BCUT2D eigenvalue weighted by molar-refractivity contribution is 0.600. The van der Waals surface area contributed by atoms with Gasteiger partial charge in [0.1, 0.15) is 13.5 Å². The van der Waals surface area contributed by atoms with Crippen LogP contribution in [0.25, 0.3) is 0 Å². The zero-order valence-electron chi connectivity index (χ0n) is 7.77. The van der Waals surface area contributed by atoms with Gasteiger partial charge in [0.15, 0.2) is 0 Å². The minimum absolute atomic E-state index is 0.164. The molecule has 70 valence electrons. The fraction of sp³-hybridized carbons (Fsp3) is 0.429. The maximum absolute atomic E-state index is 11.4. The molecule has 0 bridgehead atoms. The van der Waals surface area contributed by atoms with Crippen molar-refractivity contribution in [1.82, 2.24) is 9.97 Å². The van der Waals surface area contributed by atoms with Gasteiger partial charge in [0.2, 0.25) is 10.0 Å². The normalized spacial score (nSPS) is 18.0. The second-order valence-electron chi connectivity index (χ2n) is 2.89. The minimum Gasteiger partial charge on any atom is -0.267 e. The number of hydrogen-bond donors (Lipinski definition) is 1. The average molecular weight is 200 g/mol. The summed E-state index contributed by atoms with van der Waals surface area (Å²) < 4.78 is 32.3. The molecule has 0 amide bonds. The molecule has 1 aliphatic rings. The highest BCUT2D eigenvalue weighted by Gasteiger charge is 2.35. The second-order valence-corrected chi connectivity index (χ2v) is 4.85. The van der Waals surface area contributed by atoms with Crippen LogP contribution < -0.4 is 4.72 Å². The predicted octanol–water partition coefficient (Wildman–Crippen LogP) is 0.381. The van der Waals surface area contributed by atoms with Crippen LogP contribution in [-0.4, -0.2) is 23.6 Å². The van der Waals surface area contributed by atoms with Crippen molar-refractivity contribution in [2.45, 2.75) is 18.1 Å². The summed E-state index contributed by atoms with van der Waals surface area (Å²) >= 11 is 0. The first kappa shape index (κ1) is 7.25. The molecule has 0 aromatic carbocycles. The van der Waals surface area contributed by atoms with E-state index in [2.05, 4.69) is 14.7 Å². The van der Waals surface area contributed by atoms with Crippen molar-refractivity contribution >= 4 is 15.8 Å². The van der Waals surface area contributed by atoms with Crippen LogP contribution in [0.5, 0.6) is 0 Å². The Hall–Kier alpha value is -1.17. The standard InChI is InChI=1S/C7H9N3O2S/c11-13(12,6-1-2-6)10-7-3-4-8-5-9-7/h3-6H,1-2H2,(H,8,9,10)/i5D. The van der Waals surface area contributed by atoms with Crippen molar-refractivity contribution in [1.29, 1.82) is 0 Å². The Bertz CT molecular complexity index is 444. The van der Waals surface area contributed by atoms with E-state index in [1.165, 1.54) is 12.3 Å². The second kappa shape index (κ2) is 2.95. The van der Waals surface area contributed by atoms with E-state index in [9.17, 15) is 8.42 Å². The monoisotopic (exact) mass is 200 g/mol. The molecule has 13 heavy (non-hydrogen) atoms. The van der Waals surface area contributed by atoms with Gasteiger partial charge in [0.25, 0.3) is 0 Å². The van der Waals surface area contributed by atoms with Crippen molar-refractivity contribution in [3.05, 3.63) is 18.6 Å². The van der Waals surface area contributed by atoms with Gasteiger partial charge >= 0.3 is 0 Å². The van der Waals surface area contributed by atoms with E-state index < -0.39 is 10.0 Å². The Balaban J connectivity index is 2.18. The average Bonchev–Trinajstić information content (AvgIpc) is 2.84. The van der Waals surface area contributed by atoms with Crippen molar-refractivity contribution in [3.8, 4) is 0 Å². The molecular formula is C7H9N3O2S. The summed E-state index contributed by atoms with van der Waals surface area (Å²) in [6, 6.07) is 1.43.